The lowest BCUT2D eigenvalue weighted by Gasteiger charge is -2.10. The highest BCUT2D eigenvalue weighted by molar-refractivity contribution is 6.30. The van der Waals surface area contributed by atoms with Crippen LogP contribution < -0.4 is 5.32 Å². The van der Waals surface area contributed by atoms with Crippen LogP contribution in [0.15, 0.2) is 54.6 Å². The van der Waals surface area contributed by atoms with Gasteiger partial charge in [0.15, 0.2) is 0 Å². The van der Waals surface area contributed by atoms with Gasteiger partial charge >= 0.3 is 0 Å². The van der Waals surface area contributed by atoms with E-state index in [0.29, 0.717) is 19.2 Å². The summed E-state index contributed by atoms with van der Waals surface area (Å²) in [5, 5.41) is 13.7. The van der Waals surface area contributed by atoms with Crippen LogP contribution in [-0.4, -0.2) is 34.2 Å². The fourth-order valence-electron chi connectivity index (χ4n) is 3.35. The number of rotatable bonds is 7. The van der Waals surface area contributed by atoms with Gasteiger partial charge in [-0.15, -0.1) is 0 Å². The number of ether oxygens (including phenoxy) is 1. The topological polar surface area (TPSA) is 52.0 Å². The Morgan fingerprint density at radius 2 is 2.00 bits per heavy atom. The number of aromatic nitrogens is 3. The second-order valence-electron chi connectivity index (χ2n) is 6.79. The van der Waals surface area contributed by atoms with Gasteiger partial charge in [-0.25, -0.2) is 0 Å². The third kappa shape index (κ3) is 4.75. The Labute approximate surface area is 164 Å². The molecule has 1 atom stereocenters. The molecule has 2 aromatic carbocycles. The van der Waals surface area contributed by atoms with Crippen molar-refractivity contribution in [1.29, 1.82) is 0 Å². The summed E-state index contributed by atoms with van der Waals surface area (Å²) in [4.78, 5) is 1.75. The lowest BCUT2D eigenvalue weighted by molar-refractivity contribution is 0.110. The van der Waals surface area contributed by atoms with Crippen LogP contribution in [0, 0.1) is 0 Å². The molecule has 1 aliphatic heterocycles. The molecule has 2 heterocycles. The van der Waals surface area contributed by atoms with Crippen molar-refractivity contribution in [3.8, 4) is 11.3 Å². The van der Waals surface area contributed by atoms with Gasteiger partial charge in [-0.1, -0.05) is 54.1 Å². The lowest BCUT2D eigenvalue weighted by atomic mass is 10.1. The van der Waals surface area contributed by atoms with E-state index in [1.54, 1.807) is 4.80 Å². The van der Waals surface area contributed by atoms with E-state index >= 15 is 0 Å². The van der Waals surface area contributed by atoms with E-state index < -0.39 is 0 Å². The fourth-order valence-corrected chi connectivity index (χ4v) is 3.56. The van der Waals surface area contributed by atoms with Crippen LogP contribution in [0.4, 0.5) is 0 Å². The molecule has 5 nitrogen and oxygen atoms in total. The molecule has 0 spiro atoms. The molecule has 1 aromatic heterocycles. The monoisotopic (exact) mass is 382 g/mol. The molecule has 4 rings (SSSR count). The largest absolute Gasteiger partial charge is 0.377 e. The highest BCUT2D eigenvalue weighted by atomic mass is 35.5. The maximum atomic E-state index is 6.10. The quantitative estimate of drug-likeness (QED) is 0.673. The van der Waals surface area contributed by atoms with Crippen LogP contribution in [0.1, 0.15) is 24.1 Å². The molecule has 3 aromatic rings. The molecule has 0 amide bonds. The highest BCUT2D eigenvalue weighted by Crippen LogP contribution is 2.21. The predicted molar refractivity (Wildman–Crippen MR) is 107 cm³/mol. The second-order valence-corrected chi connectivity index (χ2v) is 7.22. The smallest absolute Gasteiger partial charge is 0.117 e. The average Bonchev–Trinajstić information content (AvgIpc) is 3.33. The summed E-state index contributed by atoms with van der Waals surface area (Å²) in [5.74, 6) is 0. The molecule has 0 unspecified atom stereocenters. The van der Waals surface area contributed by atoms with Gasteiger partial charge in [0, 0.05) is 30.3 Å². The van der Waals surface area contributed by atoms with Crippen LogP contribution in [-0.2, 0) is 17.8 Å². The van der Waals surface area contributed by atoms with Crippen LogP contribution >= 0.6 is 11.6 Å². The Morgan fingerprint density at radius 1 is 1.11 bits per heavy atom. The van der Waals surface area contributed by atoms with E-state index in [4.69, 9.17) is 26.5 Å². The van der Waals surface area contributed by atoms with Gasteiger partial charge in [-0.2, -0.15) is 15.0 Å². The van der Waals surface area contributed by atoms with Crippen molar-refractivity contribution >= 4 is 11.6 Å². The maximum Gasteiger partial charge on any atom is 0.117 e. The van der Waals surface area contributed by atoms with E-state index in [1.807, 2.05) is 42.5 Å². The zero-order chi connectivity index (χ0) is 18.5. The zero-order valence-corrected chi connectivity index (χ0v) is 15.9. The number of hydrogen-bond donors (Lipinski definition) is 1. The highest BCUT2D eigenvalue weighted by Gasteiger charge is 2.17. The number of halogens is 1. The van der Waals surface area contributed by atoms with Crippen molar-refractivity contribution in [3.63, 3.8) is 0 Å². The Kier molecular flexibility index (Phi) is 5.82. The molecule has 6 heteroatoms. The van der Waals surface area contributed by atoms with E-state index in [1.165, 1.54) is 0 Å². The molecule has 0 bridgehead atoms. The van der Waals surface area contributed by atoms with E-state index in [9.17, 15) is 0 Å². The van der Waals surface area contributed by atoms with Crippen LogP contribution in [0.5, 0.6) is 0 Å². The molecule has 1 aliphatic rings. The van der Waals surface area contributed by atoms with E-state index in [0.717, 1.165) is 53.5 Å². The van der Waals surface area contributed by atoms with Gasteiger partial charge in [0.2, 0.25) is 0 Å². The molecule has 0 radical (unpaired) electrons. The summed E-state index contributed by atoms with van der Waals surface area (Å²) in [6, 6.07) is 18.0. The standard InChI is InChI=1S/C21H23ClN4O/c22-18-9-4-6-16(12-18)15-26-24-20(14-23-13-19-10-5-11-27-19)21(25-26)17-7-2-1-3-8-17/h1-4,6-9,12,19,23H,5,10-11,13-15H2/t19-/m0/s1. The van der Waals surface area contributed by atoms with Crippen molar-refractivity contribution in [2.24, 2.45) is 0 Å². The average molecular weight is 383 g/mol. The fraction of sp³-hybridized carbons (Fsp3) is 0.333. The first-order valence-corrected chi connectivity index (χ1v) is 9.72. The number of benzene rings is 2. The number of hydrogen-bond acceptors (Lipinski definition) is 4. The lowest BCUT2D eigenvalue weighted by Crippen LogP contribution is -2.26. The normalized spacial score (nSPS) is 16.7. The summed E-state index contributed by atoms with van der Waals surface area (Å²) >= 11 is 6.10. The van der Waals surface area contributed by atoms with Crippen LogP contribution in [0.2, 0.25) is 5.02 Å². The van der Waals surface area contributed by atoms with Gasteiger partial charge in [-0.05, 0) is 30.5 Å². The molecule has 27 heavy (non-hydrogen) atoms. The van der Waals surface area contributed by atoms with Crippen molar-refractivity contribution < 1.29 is 4.74 Å². The van der Waals surface area contributed by atoms with Crippen LogP contribution in [0.25, 0.3) is 11.3 Å². The molecule has 1 fully saturated rings. The van der Waals surface area contributed by atoms with E-state index in [2.05, 4.69) is 17.4 Å². The third-order valence-corrected chi connectivity index (χ3v) is 4.91. The Bertz CT molecular complexity index is 875. The van der Waals surface area contributed by atoms with Gasteiger partial charge < -0.3 is 10.1 Å². The minimum atomic E-state index is 0.312. The summed E-state index contributed by atoms with van der Waals surface area (Å²) in [7, 11) is 0. The minimum Gasteiger partial charge on any atom is -0.377 e. The summed E-state index contributed by atoms with van der Waals surface area (Å²) < 4.78 is 5.68. The van der Waals surface area contributed by atoms with Gasteiger partial charge in [0.1, 0.15) is 11.4 Å². The van der Waals surface area contributed by atoms with Crippen molar-refractivity contribution in [2.45, 2.75) is 32.0 Å². The second kappa shape index (κ2) is 8.65. The number of nitrogens with one attached hydrogen (secondary N) is 1. The Balaban J connectivity index is 1.53. The van der Waals surface area contributed by atoms with Crippen molar-refractivity contribution in [1.82, 2.24) is 20.3 Å². The van der Waals surface area contributed by atoms with Gasteiger partial charge in [0.25, 0.3) is 0 Å². The first-order valence-electron chi connectivity index (χ1n) is 9.34. The summed E-state index contributed by atoms with van der Waals surface area (Å²) in [5.41, 5.74) is 4.01. The Hall–Kier alpha value is -2.21. The molecular weight excluding hydrogens is 360 g/mol. The maximum absolute atomic E-state index is 6.10. The van der Waals surface area contributed by atoms with Crippen molar-refractivity contribution in [3.05, 3.63) is 70.9 Å². The molecule has 0 saturated carbocycles. The zero-order valence-electron chi connectivity index (χ0n) is 15.1. The molecule has 140 valence electrons. The molecule has 1 N–H and O–H groups in total. The first kappa shape index (κ1) is 18.2. The Morgan fingerprint density at radius 3 is 2.78 bits per heavy atom. The minimum absolute atomic E-state index is 0.312. The first-order chi connectivity index (χ1) is 13.3. The van der Waals surface area contributed by atoms with Gasteiger partial charge in [-0.3, -0.25) is 0 Å². The molecule has 1 saturated heterocycles. The summed E-state index contributed by atoms with van der Waals surface area (Å²) in [6.07, 6.45) is 2.59. The SMILES string of the molecule is Clc1cccc(Cn2nc(CNC[C@@H]3CCCO3)c(-c3ccccc3)n2)c1. The van der Waals surface area contributed by atoms with E-state index in [-0.39, 0.29) is 0 Å². The van der Waals surface area contributed by atoms with Gasteiger partial charge in [0.05, 0.1) is 12.6 Å². The molecule has 0 aliphatic carbocycles. The predicted octanol–water partition coefficient (Wildman–Crippen LogP) is 3.92. The van der Waals surface area contributed by atoms with Crippen molar-refractivity contribution in [2.75, 3.05) is 13.2 Å². The third-order valence-electron chi connectivity index (χ3n) is 4.67. The van der Waals surface area contributed by atoms with Crippen LogP contribution in [0.3, 0.4) is 0 Å². The molecular formula is C21H23ClN4O. The number of nitrogens with zero attached hydrogens (tertiary/aromatic N) is 3. The summed E-state index contributed by atoms with van der Waals surface area (Å²) in [6.45, 7) is 2.97.